The number of fused-ring (bicyclic) bond motifs is 1. The third-order valence-corrected chi connectivity index (χ3v) is 3.17. The molecule has 0 bridgehead atoms. The first-order chi connectivity index (χ1) is 10.5. The minimum atomic E-state index is -0.417. The highest BCUT2D eigenvalue weighted by Crippen LogP contribution is 2.24. The van der Waals surface area contributed by atoms with Crippen LogP contribution in [0.3, 0.4) is 0 Å². The Morgan fingerprint density at radius 2 is 2.05 bits per heavy atom. The van der Waals surface area contributed by atoms with Crippen molar-refractivity contribution in [2.75, 3.05) is 19.8 Å². The van der Waals surface area contributed by atoms with Crippen LogP contribution in [0.5, 0.6) is 5.75 Å². The minimum absolute atomic E-state index is 0.417. The zero-order valence-corrected chi connectivity index (χ0v) is 12.4. The molecular weight excluding hydrogens is 280 g/mol. The summed E-state index contributed by atoms with van der Waals surface area (Å²) in [6.45, 7) is 0. The van der Waals surface area contributed by atoms with Crippen molar-refractivity contribution in [3.63, 3.8) is 0 Å². The van der Waals surface area contributed by atoms with E-state index in [2.05, 4.69) is 4.98 Å². The number of nitrogen functional groups attached to an aromatic ring is 1. The second-order valence-electron chi connectivity index (χ2n) is 5.14. The first-order valence-corrected chi connectivity index (χ1v) is 6.77. The summed E-state index contributed by atoms with van der Waals surface area (Å²) in [6.07, 6.45) is 3.28. The Hall–Kier alpha value is -3.02. The van der Waals surface area contributed by atoms with E-state index in [0.717, 1.165) is 16.9 Å². The first kappa shape index (κ1) is 13.9. The van der Waals surface area contributed by atoms with Gasteiger partial charge in [0.1, 0.15) is 11.4 Å². The van der Waals surface area contributed by atoms with Crippen LogP contribution in [0.25, 0.3) is 16.9 Å². The van der Waals surface area contributed by atoms with Gasteiger partial charge in [-0.3, -0.25) is 0 Å². The molecule has 0 aliphatic carbocycles. The fourth-order valence-corrected chi connectivity index (χ4v) is 2.06. The molecule has 6 heteroatoms. The van der Waals surface area contributed by atoms with Crippen LogP contribution in [0, 0.1) is 0 Å². The molecule has 3 rings (SSSR count). The summed E-state index contributed by atoms with van der Waals surface area (Å²) in [4.78, 5) is 17.5. The molecule has 2 aromatic heterocycles. The fourth-order valence-electron chi connectivity index (χ4n) is 2.06. The molecule has 0 fully saturated rings. The first-order valence-electron chi connectivity index (χ1n) is 6.77. The van der Waals surface area contributed by atoms with E-state index in [1.54, 1.807) is 32.3 Å². The van der Waals surface area contributed by atoms with Gasteiger partial charge in [-0.25, -0.2) is 9.78 Å². The number of nitrogens with zero attached hydrogens (tertiary/aromatic N) is 3. The molecule has 1 aromatic carbocycles. The number of ether oxygens (including phenoxy) is 1. The molecule has 0 saturated carbocycles. The van der Waals surface area contributed by atoms with Crippen molar-refractivity contribution in [3.8, 4) is 17.0 Å². The monoisotopic (exact) mass is 296 g/mol. The normalized spacial score (nSPS) is 10.6. The van der Waals surface area contributed by atoms with Gasteiger partial charge in [-0.1, -0.05) is 12.1 Å². The van der Waals surface area contributed by atoms with Gasteiger partial charge < -0.3 is 19.8 Å². The zero-order chi connectivity index (χ0) is 15.7. The van der Waals surface area contributed by atoms with Crippen LogP contribution >= 0.6 is 0 Å². The molecule has 0 unspecified atom stereocenters. The van der Waals surface area contributed by atoms with Crippen molar-refractivity contribution >= 4 is 17.4 Å². The van der Waals surface area contributed by atoms with Gasteiger partial charge in [0.2, 0.25) is 0 Å². The Morgan fingerprint density at radius 3 is 2.82 bits per heavy atom. The highest BCUT2D eigenvalue weighted by Gasteiger charge is 2.09. The number of imidazole rings is 1. The topological polar surface area (TPSA) is 72.9 Å². The average Bonchev–Trinajstić information content (AvgIpc) is 2.90. The molecule has 6 nitrogen and oxygen atoms in total. The Labute approximate surface area is 127 Å². The van der Waals surface area contributed by atoms with Gasteiger partial charge >= 0.3 is 6.09 Å². The van der Waals surface area contributed by atoms with Crippen molar-refractivity contribution in [2.24, 2.45) is 0 Å². The summed E-state index contributed by atoms with van der Waals surface area (Å²) in [7, 11) is 3.28. The maximum atomic E-state index is 11.6. The molecular formula is C16H16N4O2. The van der Waals surface area contributed by atoms with Gasteiger partial charge in [-0.2, -0.15) is 0 Å². The number of benzene rings is 1. The summed E-state index contributed by atoms with van der Waals surface area (Å²) in [5, 5.41) is 0. The highest BCUT2D eigenvalue weighted by atomic mass is 16.6. The molecule has 22 heavy (non-hydrogen) atoms. The maximum Gasteiger partial charge on any atom is 0.414 e. The number of aromatic nitrogens is 2. The fraction of sp³-hybridized carbons (Fsp3) is 0.125. The van der Waals surface area contributed by atoms with Gasteiger partial charge in [-0.15, -0.1) is 0 Å². The summed E-state index contributed by atoms with van der Waals surface area (Å²) in [5.41, 5.74) is 8.90. The van der Waals surface area contributed by atoms with Crippen molar-refractivity contribution in [1.29, 1.82) is 0 Å². The Bertz CT molecular complexity index is 839. The Morgan fingerprint density at radius 1 is 1.23 bits per heavy atom. The number of carbonyl (C=O) groups excluding carboxylic acids is 1. The summed E-state index contributed by atoms with van der Waals surface area (Å²) in [6, 6.07) is 10.9. The van der Waals surface area contributed by atoms with E-state index >= 15 is 0 Å². The van der Waals surface area contributed by atoms with Gasteiger partial charge in [-0.05, 0) is 24.3 Å². The van der Waals surface area contributed by atoms with Crippen LogP contribution in [0.1, 0.15) is 0 Å². The lowest BCUT2D eigenvalue weighted by Gasteiger charge is -2.10. The molecule has 0 saturated heterocycles. The number of pyridine rings is 1. The summed E-state index contributed by atoms with van der Waals surface area (Å²) < 4.78 is 7.13. The molecule has 0 spiro atoms. The van der Waals surface area contributed by atoms with Crippen LogP contribution in [0.4, 0.5) is 10.5 Å². The van der Waals surface area contributed by atoms with E-state index in [1.807, 2.05) is 35.0 Å². The van der Waals surface area contributed by atoms with E-state index < -0.39 is 6.09 Å². The average molecular weight is 296 g/mol. The van der Waals surface area contributed by atoms with E-state index in [4.69, 9.17) is 10.5 Å². The van der Waals surface area contributed by atoms with E-state index in [1.165, 1.54) is 4.90 Å². The van der Waals surface area contributed by atoms with Crippen molar-refractivity contribution in [1.82, 2.24) is 14.3 Å². The lowest BCUT2D eigenvalue weighted by Crippen LogP contribution is -2.25. The lowest BCUT2D eigenvalue weighted by atomic mass is 10.1. The Balaban J connectivity index is 1.94. The van der Waals surface area contributed by atoms with Crippen LogP contribution in [0.15, 0.2) is 48.8 Å². The highest BCUT2D eigenvalue weighted by molar-refractivity contribution is 5.71. The van der Waals surface area contributed by atoms with Gasteiger partial charge in [0, 0.05) is 37.7 Å². The maximum absolute atomic E-state index is 11.6. The SMILES string of the molecule is CN(C)C(=O)Oc1cccc(-c2cn3cc(N)ccc3n2)c1. The van der Waals surface area contributed by atoms with Crippen molar-refractivity contribution in [3.05, 3.63) is 48.8 Å². The number of amides is 1. The molecule has 1 amide bonds. The smallest absolute Gasteiger partial charge is 0.410 e. The molecule has 0 aliphatic heterocycles. The molecule has 0 radical (unpaired) electrons. The molecule has 3 aromatic rings. The van der Waals surface area contributed by atoms with Crippen molar-refractivity contribution in [2.45, 2.75) is 0 Å². The predicted molar refractivity (Wildman–Crippen MR) is 84.8 cm³/mol. The predicted octanol–water partition coefficient (Wildman–Crippen LogP) is 2.64. The van der Waals surface area contributed by atoms with Crippen LogP contribution in [0.2, 0.25) is 0 Å². The number of rotatable bonds is 2. The van der Waals surface area contributed by atoms with Gasteiger partial charge in [0.15, 0.2) is 0 Å². The van der Waals surface area contributed by atoms with Crippen molar-refractivity contribution < 1.29 is 9.53 Å². The number of anilines is 1. The van der Waals surface area contributed by atoms with Gasteiger partial charge in [0.05, 0.1) is 5.69 Å². The molecule has 0 atom stereocenters. The third kappa shape index (κ3) is 2.71. The quantitative estimate of drug-likeness (QED) is 0.789. The second-order valence-corrected chi connectivity index (χ2v) is 5.14. The molecule has 2 N–H and O–H groups in total. The van der Waals surface area contributed by atoms with Gasteiger partial charge in [0.25, 0.3) is 0 Å². The number of hydrogen-bond donors (Lipinski definition) is 1. The van der Waals surface area contributed by atoms with E-state index in [-0.39, 0.29) is 0 Å². The van der Waals surface area contributed by atoms with E-state index in [0.29, 0.717) is 11.4 Å². The van der Waals surface area contributed by atoms with Crippen LogP contribution < -0.4 is 10.5 Å². The molecule has 0 aliphatic rings. The number of carbonyl (C=O) groups is 1. The number of hydrogen-bond acceptors (Lipinski definition) is 4. The molecule has 112 valence electrons. The second kappa shape index (κ2) is 5.40. The largest absolute Gasteiger partial charge is 0.414 e. The standard InChI is InChI=1S/C16H16N4O2/c1-19(2)16(21)22-13-5-3-4-11(8-13)14-10-20-9-12(17)6-7-15(20)18-14/h3-10H,17H2,1-2H3. The summed E-state index contributed by atoms with van der Waals surface area (Å²) in [5.74, 6) is 0.479. The lowest BCUT2D eigenvalue weighted by molar-refractivity contribution is 0.172. The third-order valence-electron chi connectivity index (χ3n) is 3.17. The number of nitrogens with two attached hydrogens (primary N) is 1. The molecule has 2 heterocycles. The Kier molecular flexibility index (Phi) is 3.42. The summed E-state index contributed by atoms with van der Waals surface area (Å²) >= 11 is 0. The van der Waals surface area contributed by atoms with E-state index in [9.17, 15) is 4.79 Å². The minimum Gasteiger partial charge on any atom is -0.410 e. The van der Waals surface area contributed by atoms with Crippen LogP contribution in [-0.4, -0.2) is 34.5 Å². The van der Waals surface area contributed by atoms with Crippen LogP contribution in [-0.2, 0) is 0 Å². The zero-order valence-electron chi connectivity index (χ0n) is 12.4.